The maximum absolute atomic E-state index is 8.42. The third kappa shape index (κ3) is 2.80. The lowest BCUT2D eigenvalue weighted by Gasteiger charge is -2.18. The number of hydrogen-bond donors (Lipinski definition) is 0. The van der Waals surface area contributed by atoms with E-state index in [1.807, 2.05) is 0 Å². The summed E-state index contributed by atoms with van der Waals surface area (Å²) in [6, 6.07) is 2.10. The van der Waals surface area contributed by atoms with Crippen molar-refractivity contribution in [2.24, 2.45) is 0 Å². The van der Waals surface area contributed by atoms with Crippen LogP contribution in [0.3, 0.4) is 0 Å². The van der Waals surface area contributed by atoms with Crippen LogP contribution in [0.25, 0.3) is 0 Å². The lowest BCUT2D eigenvalue weighted by atomic mass is 10.00. The lowest BCUT2D eigenvalue weighted by Crippen LogP contribution is -2.15. The first kappa shape index (κ1) is 11.1. The molecule has 2 heterocycles. The average Bonchev–Trinajstić information content (AvgIpc) is 2.79. The van der Waals surface area contributed by atoms with Crippen molar-refractivity contribution in [1.82, 2.24) is 10.1 Å². The number of hydrogen-bond acceptors (Lipinski definition) is 5. The van der Waals surface area contributed by atoms with Crippen molar-refractivity contribution in [3.05, 3.63) is 11.7 Å². The van der Waals surface area contributed by atoms with E-state index in [1.54, 1.807) is 0 Å². The molecule has 0 bridgehead atoms. The highest BCUT2D eigenvalue weighted by Crippen LogP contribution is 2.24. The maximum Gasteiger partial charge on any atom is 0.226 e. The summed E-state index contributed by atoms with van der Waals surface area (Å²) in [6.07, 6.45) is 3.96. The molecule has 2 rings (SSSR count). The molecular formula is C11H15N3O2. The summed E-state index contributed by atoms with van der Waals surface area (Å²) in [6.45, 7) is 1.56. The Morgan fingerprint density at radius 1 is 1.38 bits per heavy atom. The van der Waals surface area contributed by atoms with Crippen LogP contribution in [0.2, 0.25) is 0 Å². The van der Waals surface area contributed by atoms with Crippen molar-refractivity contribution in [3.8, 4) is 6.07 Å². The van der Waals surface area contributed by atoms with E-state index < -0.39 is 0 Å². The fraction of sp³-hybridized carbons (Fsp3) is 0.727. The monoisotopic (exact) mass is 221 g/mol. The minimum absolute atomic E-state index is 0.377. The van der Waals surface area contributed by atoms with Gasteiger partial charge in [0.25, 0.3) is 0 Å². The third-order valence-corrected chi connectivity index (χ3v) is 2.75. The molecule has 0 atom stereocenters. The smallest absolute Gasteiger partial charge is 0.226 e. The highest BCUT2D eigenvalue weighted by atomic mass is 16.5. The summed E-state index contributed by atoms with van der Waals surface area (Å²) < 4.78 is 10.4. The second kappa shape index (κ2) is 5.61. The predicted octanol–water partition coefficient (Wildman–Crippen LogP) is 1.81. The zero-order chi connectivity index (χ0) is 11.2. The number of aromatic nitrogens is 2. The molecule has 5 heteroatoms. The maximum atomic E-state index is 8.42. The summed E-state index contributed by atoms with van der Waals surface area (Å²) >= 11 is 0. The minimum Gasteiger partial charge on any atom is -0.381 e. The van der Waals surface area contributed by atoms with E-state index in [9.17, 15) is 0 Å². The fourth-order valence-corrected chi connectivity index (χ4v) is 1.81. The standard InChI is InChI=1S/C11H15N3O2/c12-6-2-1-3-10-13-11(14-16-10)9-4-7-15-8-5-9/h9H,1-5,7-8H2. The molecule has 0 radical (unpaired) electrons. The molecule has 1 aliphatic rings. The number of ether oxygens (including phenoxy) is 1. The first-order valence-corrected chi connectivity index (χ1v) is 5.67. The Hall–Kier alpha value is -1.41. The molecule has 5 nitrogen and oxygen atoms in total. The molecule has 1 aliphatic heterocycles. The van der Waals surface area contributed by atoms with Crippen molar-refractivity contribution in [2.45, 2.75) is 38.0 Å². The second-order valence-corrected chi connectivity index (χ2v) is 3.94. The number of nitrogens with zero attached hydrogens (tertiary/aromatic N) is 3. The molecule has 0 N–H and O–H groups in total. The van der Waals surface area contributed by atoms with Crippen LogP contribution in [-0.4, -0.2) is 23.4 Å². The highest BCUT2D eigenvalue weighted by molar-refractivity contribution is 4.96. The molecule has 1 aromatic rings. The number of nitriles is 1. The zero-order valence-corrected chi connectivity index (χ0v) is 9.19. The molecule has 0 unspecified atom stereocenters. The highest BCUT2D eigenvalue weighted by Gasteiger charge is 2.20. The SMILES string of the molecule is N#CCCCc1nc(C2CCOCC2)no1. The van der Waals surface area contributed by atoms with Crippen LogP contribution >= 0.6 is 0 Å². The van der Waals surface area contributed by atoms with Gasteiger partial charge in [0.1, 0.15) is 0 Å². The Bertz CT molecular complexity index is 364. The van der Waals surface area contributed by atoms with E-state index >= 15 is 0 Å². The predicted molar refractivity (Wildman–Crippen MR) is 55.6 cm³/mol. The average molecular weight is 221 g/mol. The molecule has 86 valence electrons. The first-order valence-electron chi connectivity index (χ1n) is 5.67. The van der Waals surface area contributed by atoms with Crippen molar-refractivity contribution in [2.75, 3.05) is 13.2 Å². The molecule has 0 amide bonds. The van der Waals surface area contributed by atoms with Crippen LogP contribution in [0.4, 0.5) is 0 Å². The van der Waals surface area contributed by atoms with Gasteiger partial charge in [-0.2, -0.15) is 10.2 Å². The topological polar surface area (TPSA) is 71.9 Å². The fourth-order valence-electron chi connectivity index (χ4n) is 1.81. The van der Waals surface area contributed by atoms with Gasteiger partial charge < -0.3 is 9.26 Å². The zero-order valence-electron chi connectivity index (χ0n) is 9.19. The molecule has 1 saturated heterocycles. The van der Waals surface area contributed by atoms with Gasteiger partial charge >= 0.3 is 0 Å². The summed E-state index contributed by atoms with van der Waals surface area (Å²) in [5.74, 6) is 1.83. The van der Waals surface area contributed by atoms with Gasteiger partial charge in [-0.25, -0.2) is 0 Å². The molecule has 0 aromatic carbocycles. The molecule has 16 heavy (non-hydrogen) atoms. The van der Waals surface area contributed by atoms with Gasteiger partial charge in [0, 0.05) is 32.0 Å². The van der Waals surface area contributed by atoms with Crippen LogP contribution in [0, 0.1) is 11.3 Å². The molecule has 0 spiro atoms. The molecule has 1 fully saturated rings. The molecular weight excluding hydrogens is 206 g/mol. The van der Waals surface area contributed by atoms with Gasteiger partial charge in [-0.3, -0.25) is 0 Å². The molecule has 1 aromatic heterocycles. The van der Waals surface area contributed by atoms with E-state index in [4.69, 9.17) is 14.5 Å². The normalized spacial score (nSPS) is 17.2. The van der Waals surface area contributed by atoms with Crippen molar-refractivity contribution >= 4 is 0 Å². The van der Waals surface area contributed by atoms with Crippen LogP contribution in [0.5, 0.6) is 0 Å². The van der Waals surface area contributed by atoms with Gasteiger partial charge in [0.15, 0.2) is 5.82 Å². The van der Waals surface area contributed by atoms with Crippen molar-refractivity contribution in [1.29, 1.82) is 5.26 Å². The van der Waals surface area contributed by atoms with Gasteiger partial charge in [0.05, 0.1) is 6.07 Å². The van der Waals surface area contributed by atoms with E-state index in [-0.39, 0.29) is 0 Å². The van der Waals surface area contributed by atoms with E-state index in [2.05, 4.69) is 16.2 Å². The van der Waals surface area contributed by atoms with Crippen LogP contribution in [-0.2, 0) is 11.2 Å². The number of rotatable bonds is 4. The minimum atomic E-state index is 0.377. The van der Waals surface area contributed by atoms with Gasteiger partial charge in [-0.05, 0) is 19.3 Å². The van der Waals surface area contributed by atoms with Gasteiger partial charge in [-0.1, -0.05) is 5.16 Å². The van der Waals surface area contributed by atoms with E-state index in [0.717, 1.165) is 38.3 Å². The van der Waals surface area contributed by atoms with Gasteiger partial charge in [0.2, 0.25) is 5.89 Å². The summed E-state index contributed by atoms with van der Waals surface area (Å²) in [7, 11) is 0. The largest absolute Gasteiger partial charge is 0.381 e. The van der Waals surface area contributed by atoms with Crippen molar-refractivity contribution < 1.29 is 9.26 Å². The molecule has 0 saturated carbocycles. The number of unbranched alkanes of at least 4 members (excludes halogenated alkanes) is 1. The Kier molecular flexibility index (Phi) is 3.89. The Labute approximate surface area is 94.4 Å². The number of aryl methyl sites for hydroxylation is 1. The lowest BCUT2D eigenvalue weighted by molar-refractivity contribution is 0.0830. The van der Waals surface area contributed by atoms with Crippen LogP contribution in [0.1, 0.15) is 43.3 Å². The van der Waals surface area contributed by atoms with Gasteiger partial charge in [-0.15, -0.1) is 0 Å². The second-order valence-electron chi connectivity index (χ2n) is 3.94. The Balaban J connectivity index is 1.88. The third-order valence-electron chi connectivity index (χ3n) is 2.75. The molecule has 0 aliphatic carbocycles. The van der Waals surface area contributed by atoms with Crippen molar-refractivity contribution in [3.63, 3.8) is 0 Å². The van der Waals surface area contributed by atoms with Crippen LogP contribution < -0.4 is 0 Å². The Morgan fingerprint density at radius 2 is 2.19 bits per heavy atom. The van der Waals surface area contributed by atoms with E-state index in [0.29, 0.717) is 24.7 Å². The summed E-state index contributed by atoms with van der Waals surface area (Å²) in [5.41, 5.74) is 0. The first-order chi connectivity index (χ1) is 7.90. The van der Waals surface area contributed by atoms with Crippen LogP contribution in [0.15, 0.2) is 4.52 Å². The van der Waals surface area contributed by atoms with E-state index in [1.165, 1.54) is 0 Å². The quantitative estimate of drug-likeness (QED) is 0.725. The summed E-state index contributed by atoms with van der Waals surface area (Å²) in [5, 5.41) is 12.4. The summed E-state index contributed by atoms with van der Waals surface area (Å²) in [4.78, 5) is 4.36. The Morgan fingerprint density at radius 3 is 2.94 bits per heavy atom.